The summed E-state index contributed by atoms with van der Waals surface area (Å²) >= 11 is 0. The maximum atomic E-state index is 13.7. The largest absolute Gasteiger partial charge is 0.380 e. The van der Waals surface area contributed by atoms with Crippen molar-refractivity contribution in [2.75, 3.05) is 32.0 Å². The van der Waals surface area contributed by atoms with Crippen LogP contribution in [0.2, 0.25) is 0 Å². The number of urea groups is 1. The van der Waals surface area contributed by atoms with E-state index in [1.807, 2.05) is 0 Å². The lowest BCUT2D eigenvalue weighted by Gasteiger charge is -2.35. The summed E-state index contributed by atoms with van der Waals surface area (Å²) in [4.78, 5) is 27.4. The lowest BCUT2D eigenvalue weighted by atomic mass is 10.0. The van der Waals surface area contributed by atoms with Crippen molar-refractivity contribution in [1.82, 2.24) is 15.1 Å². The van der Waals surface area contributed by atoms with Crippen LogP contribution in [0.5, 0.6) is 0 Å². The number of benzene rings is 1. The molecular weight excluding hydrogens is 323 g/mol. The molecule has 0 unspecified atom stereocenters. The second kappa shape index (κ2) is 7.72. The molecule has 1 aromatic rings. The lowest BCUT2D eigenvalue weighted by Crippen LogP contribution is -2.54. The first-order valence-corrected chi connectivity index (χ1v) is 8.83. The van der Waals surface area contributed by atoms with E-state index < -0.39 is 0 Å². The smallest absolute Gasteiger partial charge is 0.317 e. The quantitative estimate of drug-likeness (QED) is 0.878. The molecule has 0 radical (unpaired) electrons. The van der Waals surface area contributed by atoms with Gasteiger partial charge in [0.25, 0.3) is 0 Å². The van der Waals surface area contributed by atoms with Crippen LogP contribution in [-0.2, 0) is 4.79 Å². The number of rotatable bonds is 3. The minimum atomic E-state index is -0.251. The first-order chi connectivity index (χ1) is 12.0. The minimum Gasteiger partial charge on any atom is -0.380 e. The number of para-hydroxylation sites is 1. The van der Waals surface area contributed by atoms with E-state index in [1.165, 1.54) is 6.07 Å². The molecule has 1 aromatic carbocycles. The molecule has 0 spiro atoms. The van der Waals surface area contributed by atoms with Crippen LogP contribution in [0.1, 0.15) is 25.7 Å². The highest BCUT2D eigenvalue weighted by Crippen LogP contribution is 2.19. The van der Waals surface area contributed by atoms with Gasteiger partial charge < -0.3 is 20.4 Å². The summed E-state index contributed by atoms with van der Waals surface area (Å²) in [5.41, 5.74) is 0.514. The Hall–Kier alpha value is -2.31. The SMILES string of the molecule is CN1C[C@@H](NC(=O)N2CCC(Nc3ccccc3F)CC2)CCC1=O. The zero-order valence-electron chi connectivity index (χ0n) is 14.5. The zero-order chi connectivity index (χ0) is 17.8. The summed E-state index contributed by atoms with van der Waals surface area (Å²) in [5, 5.41) is 6.25. The average Bonchev–Trinajstić information content (AvgIpc) is 2.61. The van der Waals surface area contributed by atoms with E-state index in [-0.39, 0.29) is 29.8 Å². The van der Waals surface area contributed by atoms with Crippen LogP contribution >= 0.6 is 0 Å². The van der Waals surface area contributed by atoms with Crippen molar-refractivity contribution in [3.63, 3.8) is 0 Å². The van der Waals surface area contributed by atoms with Crippen LogP contribution in [0, 0.1) is 5.82 Å². The Kier molecular flexibility index (Phi) is 5.40. The van der Waals surface area contributed by atoms with E-state index >= 15 is 0 Å². The fourth-order valence-corrected chi connectivity index (χ4v) is 3.42. The summed E-state index contributed by atoms with van der Waals surface area (Å²) < 4.78 is 13.7. The molecule has 2 heterocycles. The van der Waals surface area contributed by atoms with Crippen molar-refractivity contribution in [3.8, 4) is 0 Å². The van der Waals surface area contributed by atoms with Crippen molar-refractivity contribution < 1.29 is 14.0 Å². The van der Waals surface area contributed by atoms with Crippen molar-refractivity contribution in [3.05, 3.63) is 30.1 Å². The van der Waals surface area contributed by atoms with Gasteiger partial charge in [-0.15, -0.1) is 0 Å². The Morgan fingerprint density at radius 3 is 2.56 bits per heavy atom. The molecule has 2 saturated heterocycles. The highest BCUT2D eigenvalue weighted by Gasteiger charge is 2.28. The van der Waals surface area contributed by atoms with Crippen LogP contribution in [0.4, 0.5) is 14.9 Å². The van der Waals surface area contributed by atoms with Crippen LogP contribution in [0.25, 0.3) is 0 Å². The monoisotopic (exact) mass is 348 g/mol. The lowest BCUT2D eigenvalue weighted by molar-refractivity contribution is -0.132. The van der Waals surface area contributed by atoms with Gasteiger partial charge in [-0.3, -0.25) is 4.79 Å². The van der Waals surface area contributed by atoms with Gasteiger partial charge in [0.15, 0.2) is 0 Å². The van der Waals surface area contributed by atoms with Crippen molar-refractivity contribution in [1.29, 1.82) is 0 Å². The third kappa shape index (κ3) is 4.41. The first-order valence-electron chi connectivity index (χ1n) is 8.83. The van der Waals surface area contributed by atoms with Crippen molar-refractivity contribution in [2.24, 2.45) is 0 Å². The molecule has 2 aliphatic heterocycles. The fraction of sp³-hybridized carbons (Fsp3) is 0.556. The van der Waals surface area contributed by atoms with Crippen molar-refractivity contribution >= 4 is 17.6 Å². The molecule has 6 nitrogen and oxygen atoms in total. The Labute approximate surface area is 147 Å². The molecule has 3 amide bonds. The number of amides is 3. The maximum absolute atomic E-state index is 13.7. The predicted molar refractivity (Wildman–Crippen MR) is 93.8 cm³/mol. The van der Waals surface area contributed by atoms with E-state index in [9.17, 15) is 14.0 Å². The molecule has 2 N–H and O–H groups in total. The molecule has 1 atom stereocenters. The number of carbonyl (C=O) groups is 2. The Morgan fingerprint density at radius 1 is 1.16 bits per heavy atom. The van der Waals surface area contributed by atoms with Gasteiger partial charge in [0.05, 0.1) is 5.69 Å². The summed E-state index contributed by atoms with van der Waals surface area (Å²) in [6.45, 7) is 1.84. The number of nitrogens with zero attached hydrogens (tertiary/aromatic N) is 2. The molecule has 25 heavy (non-hydrogen) atoms. The topological polar surface area (TPSA) is 64.7 Å². The number of anilines is 1. The summed E-state index contributed by atoms with van der Waals surface area (Å²) in [6, 6.07) is 6.76. The van der Waals surface area contributed by atoms with Gasteiger partial charge in [-0.05, 0) is 31.4 Å². The number of nitrogens with one attached hydrogen (secondary N) is 2. The molecule has 0 saturated carbocycles. The average molecular weight is 348 g/mol. The second-order valence-electron chi connectivity index (χ2n) is 6.84. The number of likely N-dealkylation sites (tertiary alicyclic amines) is 2. The van der Waals surface area contributed by atoms with Gasteiger partial charge in [0, 0.05) is 45.2 Å². The van der Waals surface area contributed by atoms with Crippen LogP contribution < -0.4 is 10.6 Å². The van der Waals surface area contributed by atoms with Crippen LogP contribution in [0.15, 0.2) is 24.3 Å². The summed E-state index contributed by atoms with van der Waals surface area (Å²) in [6.07, 6.45) is 2.74. The second-order valence-corrected chi connectivity index (χ2v) is 6.84. The summed E-state index contributed by atoms with van der Waals surface area (Å²) in [7, 11) is 1.76. The first kappa shape index (κ1) is 17.5. The van der Waals surface area contributed by atoms with Crippen molar-refractivity contribution in [2.45, 2.75) is 37.8 Å². The molecule has 0 bridgehead atoms. The van der Waals surface area contributed by atoms with Gasteiger partial charge in [0.1, 0.15) is 5.82 Å². The third-order valence-electron chi connectivity index (χ3n) is 4.97. The Balaban J connectivity index is 1.45. The normalized spacial score (nSPS) is 22.0. The minimum absolute atomic E-state index is 0.0180. The zero-order valence-corrected chi connectivity index (χ0v) is 14.5. The van der Waals surface area contributed by atoms with Crippen LogP contribution in [0.3, 0.4) is 0 Å². The third-order valence-corrected chi connectivity index (χ3v) is 4.97. The predicted octanol–water partition coefficient (Wildman–Crippen LogP) is 2.03. The molecule has 3 rings (SSSR count). The molecule has 0 aliphatic carbocycles. The molecule has 0 aromatic heterocycles. The Morgan fingerprint density at radius 2 is 1.88 bits per heavy atom. The number of carbonyl (C=O) groups excluding carboxylic acids is 2. The fourth-order valence-electron chi connectivity index (χ4n) is 3.42. The number of hydrogen-bond donors (Lipinski definition) is 2. The number of piperidine rings is 2. The van der Waals surface area contributed by atoms with Gasteiger partial charge >= 0.3 is 6.03 Å². The standard InChI is InChI=1S/C18H25FN4O2/c1-22-12-14(6-7-17(22)24)21-18(25)23-10-8-13(9-11-23)20-16-5-3-2-4-15(16)19/h2-5,13-14,20H,6-12H2,1H3,(H,21,25)/t14-/m0/s1. The molecule has 136 valence electrons. The van der Waals surface area contributed by atoms with E-state index in [1.54, 1.807) is 35.0 Å². The van der Waals surface area contributed by atoms with E-state index in [4.69, 9.17) is 0 Å². The van der Waals surface area contributed by atoms with Crippen LogP contribution in [-0.4, -0.2) is 60.5 Å². The van der Waals surface area contributed by atoms with E-state index in [0.717, 1.165) is 12.8 Å². The maximum Gasteiger partial charge on any atom is 0.317 e. The highest BCUT2D eigenvalue weighted by atomic mass is 19.1. The number of hydrogen-bond acceptors (Lipinski definition) is 3. The molecule has 7 heteroatoms. The molecular formula is C18H25FN4O2. The highest BCUT2D eigenvalue weighted by molar-refractivity contribution is 5.78. The molecule has 2 fully saturated rings. The van der Waals surface area contributed by atoms with Gasteiger partial charge in [-0.2, -0.15) is 0 Å². The van der Waals surface area contributed by atoms with E-state index in [0.29, 0.717) is 38.2 Å². The number of likely N-dealkylation sites (N-methyl/N-ethyl adjacent to an activating group) is 1. The van der Waals surface area contributed by atoms with E-state index in [2.05, 4.69) is 10.6 Å². The Bertz CT molecular complexity index is 631. The molecule has 2 aliphatic rings. The van der Waals surface area contributed by atoms with Gasteiger partial charge in [-0.1, -0.05) is 12.1 Å². The number of halogens is 1. The summed E-state index contributed by atoms with van der Waals surface area (Å²) in [5.74, 6) is -0.121. The van der Waals surface area contributed by atoms with Gasteiger partial charge in [0.2, 0.25) is 5.91 Å². The van der Waals surface area contributed by atoms with Gasteiger partial charge in [-0.25, -0.2) is 9.18 Å².